The molecule has 1 rings (SSSR count). The van der Waals surface area contributed by atoms with Crippen molar-refractivity contribution in [2.45, 2.75) is 52.5 Å². The van der Waals surface area contributed by atoms with Crippen molar-refractivity contribution >= 4 is 0 Å². The van der Waals surface area contributed by atoms with Crippen molar-refractivity contribution in [1.29, 1.82) is 0 Å². The van der Waals surface area contributed by atoms with Crippen LogP contribution in [-0.4, -0.2) is 6.04 Å². The Kier molecular flexibility index (Phi) is 4.53. The highest BCUT2D eigenvalue weighted by atomic mass is 15.3. The van der Waals surface area contributed by atoms with Crippen LogP contribution in [0.3, 0.4) is 0 Å². The Morgan fingerprint density at radius 1 is 1.40 bits per heavy atom. The van der Waals surface area contributed by atoms with Crippen LogP contribution >= 0.6 is 0 Å². The molecular weight excluding hydrogens is 186 g/mol. The maximum absolute atomic E-state index is 5.09. The molecule has 1 atom stereocenters. The highest BCUT2D eigenvalue weighted by molar-refractivity contribution is 5.31. The van der Waals surface area contributed by atoms with E-state index in [-0.39, 0.29) is 6.04 Å². The van der Waals surface area contributed by atoms with Crippen LogP contribution in [0, 0.1) is 0 Å². The van der Waals surface area contributed by atoms with Crippen LogP contribution in [0.1, 0.15) is 46.5 Å². The molecule has 1 aliphatic rings. The number of nitrogens with zero attached hydrogens (tertiary/aromatic N) is 2. The Bertz CT molecular complexity index is 300. The molecule has 0 bridgehead atoms. The van der Waals surface area contributed by atoms with E-state index >= 15 is 0 Å². The van der Waals surface area contributed by atoms with Gasteiger partial charge in [0.1, 0.15) is 0 Å². The number of hydrogen-bond donors (Lipinski definition) is 1. The third-order valence-corrected chi connectivity index (χ3v) is 3.11. The molecule has 0 fully saturated rings. The summed E-state index contributed by atoms with van der Waals surface area (Å²) in [6.45, 7) is 6.51. The van der Waals surface area contributed by atoms with E-state index in [4.69, 9.17) is 5.84 Å². The fraction of sp³-hybridized carbons (Fsp3) is 0.667. The Hall–Kier alpha value is -1.12. The molecule has 0 radical (unpaired) electrons. The predicted molar refractivity (Wildman–Crippen MR) is 63.4 cm³/mol. The molecule has 0 aromatic heterocycles. The van der Waals surface area contributed by atoms with Crippen LogP contribution in [0.5, 0.6) is 0 Å². The Balaban J connectivity index is 2.63. The molecule has 0 amide bonds. The molecule has 0 spiro atoms. The van der Waals surface area contributed by atoms with Gasteiger partial charge in [-0.15, -0.1) is 0 Å². The minimum absolute atomic E-state index is 0.257. The second kappa shape index (κ2) is 5.69. The topological polar surface area (TPSA) is 50.7 Å². The number of hydrogen-bond acceptors (Lipinski definition) is 2. The molecule has 3 heteroatoms. The predicted octanol–water partition coefficient (Wildman–Crippen LogP) is 3.54. The maximum Gasteiger partial charge on any atom is 0.0764 e. The summed E-state index contributed by atoms with van der Waals surface area (Å²) in [4.78, 5) is 0. The molecule has 0 aromatic carbocycles. The summed E-state index contributed by atoms with van der Waals surface area (Å²) in [6, 6.07) is 0.257. The molecule has 0 aromatic rings. The van der Waals surface area contributed by atoms with Gasteiger partial charge in [0, 0.05) is 0 Å². The summed E-state index contributed by atoms with van der Waals surface area (Å²) in [7, 11) is 0. The van der Waals surface area contributed by atoms with Crippen LogP contribution in [0.4, 0.5) is 0 Å². The van der Waals surface area contributed by atoms with Crippen molar-refractivity contribution in [3.63, 3.8) is 0 Å². The molecule has 0 aliphatic heterocycles. The minimum Gasteiger partial charge on any atom is -0.305 e. The largest absolute Gasteiger partial charge is 0.305 e. The van der Waals surface area contributed by atoms with Crippen LogP contribution in [0.15, 0.2) is 33.1 Å². The fourth-order valence-corrected chi connectivity index (χ4v) is 1.87. The lowest BCUT2D eigenvalue weighted by molar-refractivity contribution is 0.590. The van der Waals surface area contributed by atoms with Gasteiger partial charge < -0.3 is 5.84 Å². The third kappa shape index (κ3) is 3.50. The first-order chi connectivity index (χ1) is 7.17. The fourth-order valence-electron chi connectivity index (χ4n) is 1.87. The molecule has 1 aliphatic carbocycles. The van der Waals surface area contributed by atoms with E-state index in [1.165, 1.54) is 29.6 Å². The van der Waals surface area contributed by atoms with Gasteiger partial charge in [0.2, 0.25) is 0 Å². The Morgan fingerprint density at radius 3 is 2.67 bits per heavy atom. The van der Waals surface area contributed by atoms with E-state index in [9.17, 15) is 0 Å². The van der Waals surface area contributed by atoms with Gasteiger partial charge in [-0.05, 0) is 39.5 Å². The van der Waals surface area contributed by atoms with Crippen molar-refractivity contribution in [2.24, 2.45) is 16.2 Å². The average Bonchev–Trinajstić information content (AvgIpc) is 2.23. The Labute approximate surface area is 92.1 Å². The zero-order valence-electron chi connectivity index (χ0n) is 9.95. The number of allylic oxidation sites excluding steroid dienone is 3. The third-order valence-electron chi connectivity index (χ3n) is 3.11. The van der Waals surface area contributed by atoms with E-state index in [0.717, 1.165) is 12.8 Å². The normalized spacial score (nSPS) is 19.5. The second-order valence-corrected chi connectivity index (χ2v) is 4.26. The molecular formula is C12H21N3. The van der Waals surface area contributed by atoms with E-state index in [1.807, 2.05) is 0 Å². The summed E-state index contributed by atoms with van der Waals surface area (Å²) in [5, 5.41) is 7.42. The van der Waals surface area contributed by atoms with Crippen LogP contribution in [-0.2, 0) is 0 Å². The van der Waals surface area contributed by atoms with Gasteiger partial charge in [-0.2, -0.15) is 5.11 Å². The zero-order valence-corrected chi connectivity index (χ0v) is 9.95. The summed E-state index contributed by atoms with van der Waals surface area (Å²) in [5.41, 5.74) is 4.40. The lowest BCUT2D eigenvalue weighted by Gasteiger charge is -2.17. The van der Waals surface area contributed by atoms with E-state index in [0.29, 0.717) is 0 Å². The van der Waals surface area contributed by atoms with Gasteiger partial charge in [0.05, 0.1) is 6.04 Å². The average molecular weight is 207 g/mol. The molecule has 15 heavy (non-hydrogen) atoms. The van der Waals surface area contributed by atoms with E-state index in [1.54, 1.807) is 0 Å². The number of rotatable bonds is 4. The molecule has 0 heterocycles. The van der Waals surface area contributed by atoms with Gasteiger partial charge in [0.25, 0.3) is 0 Å². The quantitative estimate of drug-likeness (QED) is 0.428. The van der Waals surface area contributed by atoms with Gasteiger partial charge in [0.15, 0.2) is 0 Å². The highest BCUT2D eigenvalue weighted by Gasteiger charge is 2.12. The smallest absolute Gasteiger partial charge is 0.0764 e. The molecule has 0 saturated heterocycles. The standard InChI is InChI=1S/C12H21N3/c1-4-12(14-15-13)8-11-6-5-9(2)10(3)7-11/h7,12H,4-6,8H2,1-3H3,(H2,13,14). The molecule has 1 unspecified atom stereocenters. The molecule has 84 valence electrons. The minimum atomic E-state index is 0.257. The second-order valence-electron chi connectivity index (χ2n) is 4.26. The molecule has 2 N–H and O–H groups in total. The first kappa shape index (κ1) is 12.0. The van der Waals surface area contributed by atoms with Crippen molar-refractivity contribution in [2.75, 3.05) is 0 Å². The van der Waals surface area contributed by atoms with Crippen molar-refractivity contribution in [1.82, 2.24) is 0 Å². The van der Waals surface area contributed by atoms with Gasteiger partial charge in [-0.1, -0.05) is 34.9 Å². The summed E-state index contributed by atoms with van der Waals surface area (Å²) < 4.78 is 0. The summed E-state index contributed by atoms with van der Waals surface area (Å²) >= 11 is 0. The van der Waals surface area contributed by atoms with Gasteiger partial charge >= 0.3 is 0 Å². The van der Waals surface area contributed by atoms with Crippen molar-refractivity contribution in [3.05, 3.63) is 22.8 Å². The van der Waals surface area contributed by atoms with Crippen LogP contribution in [0.2, 0.25) is 0 Å². The number of nitrogens with two attached hydrogens (primary N) is 1. The molecule has 3 nitrogen and oxygen atoms in total. The lowest BCUT2D eigenvalue weighted by Crippen LogP contribution is -2.07. The van der Waals surface area contributed by atoms with Crippen LogP contribution < -0.4 is 5.84 Å². The summed E-state index contributed by atoms with van der Waals surface area (Å²) in [6.07, 6.45) is 6.66. The van der Waals surface area contributed by atoms with Crippen molar-refractivity contribution < 1.29 is 0 Å². The lowest BCUT2D eigenvalue weighted by atomic mass is 9.90. The first-order valence-corrected chi connectivity index (χ1v) is 5.63. The van der Waals surface area contributed by atoms with E-state index < -0.39 is 0 Å². The SMILES string of the molecule is CCC(CC1=CC(C)=C(C)CC1)N=NN. The van der Waals surface area contributed by atoms with Crippen LogP contribution in [0.25, 0.3) is 0 Å². The summed E-state index contributed by atoms with van der Waals surface area (Å²) in [5.74, 6) is 5.09. The monoisotopic (exact) mass is 207 g/mol. The van der Waals surface area contributed by atoms with Gasteiger partial charge in [-0.3, -0.25) is 0 Å². The maximum atomic E-state index is 5.09. The first-order valence-electron chi connectivity index (χ1n) is 5.63. The molecule has 0 saturated carbocycles. The van der Waals surface area contributed by atoms with Crippen molar-refractivity contribution in [3.8, 4) is 0 Å². The van der Waals surface area contributed by atoms with E-state index in [2.05, 4.69) is 37.2 Å². The Morgan fingerprint density at radius 2 is 2.13 bits per heavy atom. The highest BCUT2D eigenvalue weighted by Crippen LogP contribution is 2.27. The van der Waals surface area contributed by atoms with Gasteiger partial charge in [-0.25, -0.2) is 0 Å². The zero-order chi connectivity index (χ0) is 11.3.